The Bertz CT molecular complexity index is 548. The van der Waals surface area contributed by atoms with Crippen LogP contribution >= 0.6 is 27.3 Å². The van der Waals surface area contributed by atoms with Crippen LogP contribution in [0.25, 0.3) is 0 Å². The van der Waals surface area contributed by atoms with Crippen molar-refractivity contribution in [2.24, 2.45) is 0 Å². The number of anilines is 1. The number of ketones is 1. The fraction of sp³-hybridized carbons (Fsp3) is 0.0833. The molecule has 0 aliphatic carbocycles. The van der Waals surface area contributed by atoms with E-state index in [2.05, 4.69) is 15.9 Å². The van der Waals surface area contributed by atoms with Gasteiger partial charge in [0.2, 0.25) is 0 Å². The fourth-order valence-electron chi connectivity index (χ4n) is 1.38. The van der Waals surface area contributed by atoms with Crippen LogP contribution in [0.2, 0.25) is 0 Å². The summed E-state index contributed by atoms with van der Waals surface area (Å²) in [6, 6.07) is 5.39. The van der Waals surface area contributed by atoms with Crippen LogP contribution < -0.4 is 5.73 Å². The molecule has 0 spiro atoms. The van der Waals surface area contributed by atoms with Crippen molar-refractivity contribution in [2.75, 3.05) is 5.73 Å². The average molecular weight is 296 g/mol. The van der Waals surface area contributed by atoms with E-state index in [0.29, 0.717) is 16.8 Å². The Morgan fingerprint density at radius 3 is 2.69 bits per heavy atom. The van der Waals surface area contributed by atoms with Gasteiger partial charge in [0.25, 0.3) is 0 Å². The molecule has 0 unspecified atom stereocenters. The summed E-state index contributed by atoms with van der Waals surface area (Å²) < 4.78 is 0.835. The molecule has 0 amide bonds. The molecule has 0 saturated carbocycles. The summed E-state index contributed by atoms with van der Waals surface area (Å²) >= 11 is 4.85. The number of nitrogen functional groups attached to an aromatic ring is 1. The van der Waals surface area contributed by atoms with Crippen molar-refractivity contribution in [3.05, 3.63) is 50.1 Å². The molecule has 4 heteroatoms. The second-order valence-corrected chi connectivity index (χ2v) is 5.13. The van der Waals surface area contributed by atoms with Gasteiger partial charge in [0.1, 0.15) is 0 Å². The summed E-state index contributed by atoms with van der Waals surface area (Å²) in [7, 11) is 0. The van der Waals surface area contributed by atoms with Gasteiger partial charge in [-0.1, -0.05) is 12.1 Å². The number of carbonyl (C=O) groups excluding carboxylic acids is 1. The molecule has 0 radical (unpaired) electrons. The van der Waals surface area contributed by atoms with Crippen molar-refractivity contribution in [1.82, 2.24) is 0 Å². The second kappa shape index (κ2) is 4.39. The molecular weight excluding hydrogens is 286 g/mol. The van der Waals surface area contributed by atoms with Crippen LogP contribution in [0.5, 0.6) is 0 Å². The largest absolute Gasteiger partial charge is 0.398 e. The van der Waals surface area contributed by atoms with Gasteiger partial charge in [-0.2, -0.15) is 11.3 Å². The third kappa shape index (κ3) is 2.03. The molecule has 2 N–H and O–H groups in total. The van der Waals surface area contributed by atoms with E-state index in [4.69, 9.17) is 5.73 Å². The number of halogens is 1. The predicted molar refractivity (Wildman–Crippen MR) is 71.0 cm³/mol. The van der Waals surface area contributed by atoms with Crippen LogP contribution in [0.15, 0.2) is 33.4 Å². The molecular formula is C12H10BrNOS. The van der Waals surface area contributed by atoms with Gasteiger partial charge in [-0.3, -0.25) is 4.79 Å². The lowest BCUT2D eigenvalue weighted by Gasteiger charge is -2.03. The molecule has 0 aliphatic heterocycles. The predicted octanol–water partition coefficient (Wildman–Crippen LogP) is 3.63. The van der Waals surface area contributed by atoms with E-state index in [0.717, 1.165) is 10.0 Å². The first-order valence-electron chi connectivity index (χ1n) is 4.72. The Kier molecular flexibility index (Phi) is 3.12. The van der Waals surface area contributed by atoms with E-state index in [1.165, 1.54) is 11.3 Å². The van der Waals surface area contributed by atoms with E-state index in [9.17, 15) is 4.79 Å². The number of nitrogens with two attached hydrogens (primary N) is 1. The molecule has 2 rings (SSSR count). The number of benzene rings is 1. The van der Waals surface area contributed by atoms with E-state index >= 15 is 0 Å². The summed E-state index contributed by atoms with van der Waals surface area (Å²) in [6.45, 7) is 1.92. The van der Waals surface area contributed by atoms with Crippen molar-refractivity contribution in [2.45, 2.75) is 6.92 Å². The van der Waals surface area contributed by atoms with Crippen LogP contribution in [-0.2, 0) is 0 Å². The molecule has 82 valence electrons. The molecule has 0 bridgehead atoms. The highest BCUT2D eigenvalue weighted by molar-refractivity contribution is 9.10. The topological polar surface area (TPSA) is 43.1 Å². The highest BCUT2D eigenvalue weighted by Gasteiger charge is 2.13. The van der Waals surface area contributed by atoms with Crippen LogP contribution in [0, 0.1) is 6.92 Å². The summed E-state index contributed by atoms with van der Waals surface area (Å²) in [4.78, 5) is 12.1. The molecule has 0 saturated heterocycles. The molecule has 0 fully saturated rings. The average Bonchev–Trinajstić information content (AvgIpc) is 2.67. The van der Waals surface area contributed by atoms with Crippen molar-refractivity contribution in [3.63, 3.8) is 0 Å². The smallest absolute Gasteiger partial charge is 0.195 e. The van der Waals surface area contributed by atoms with E-state index in [1.807, 2.05) is 23.8 Å². The molecule has 1 aromatic carbocycles. The normalized spacial score (nSPS) is 10.4. The Labute approximate surface area is 106 Å². The van der Waals surface area contributed by atoms with Crippen LogP contribution in [0.1, 0.15) is 21.5 Å². The van der Waals surface area contributed by atoms with Gasteiger partial charge >= 0.3 is 0 Å². The van der Waals surface area contributed by atoms with E-state index < -0.39 is 0 Å². The van der Waals surface area contributed by atoms with Crippen LogP contribution in [0.3, 0.4) is 0 Å². The minimum Gasteiger partial charge on any atom is -0.398 e. The van der Waals surface area contributed by atoms with Crippen molar-refractivity contribution in [3.8, 4) is 0 Å². The zero-order valence-corrected chi connectivity index (χ0v) is 11.1. The third-order valence-corrected chi connectivity index (χ3v) is 4.10. The Morgan fingerprint density at radius 2 is 2.12 bits per heavy atom. The maximum atomic E-state index is 12.1. The summed E-state index contributed by atoms with van der Waals surface area (Å²) in [5, 5.41) is 3.73. The molecule has 0 aliphatic rings. The molecule has 1 aromatic heterocycles. The van der Waals surface area contributed by atoms with E-state index in [1.54, 1.807) is 12.1 Å². The third-order valence-electron chi connectivity index (χ3n) is 2.40. The Balaban J connectivity index is 2.42. The zero-order valence-electron chi connectivity index (χ0n) is 8.66. The highest BCUT2D eigenvalue weighted by Crippen LogP contribution is 2.25. The lowest BCUT2D eigenvalue weighted by molar-refractivity contribution is 0.103. The van der Waals surface area contributed by atoms with Gasteiger partial charge in [-0.05, 0) is 34.5 Å². The lowest BCUT2D eigenvalue weighted by Crippen LogP contribution is -2.02. The number of thiophene rings is 1. The first-order valence-corrected chi connectivity index (χ1v) is 6.45. The maximum Gasteiger partial charge on any atom is 0.195 e. The van der Waals surface area contributed by atoms with Gasteiger partial charge in [0.15, 0.2) is 5.78 Å². The fourth-order valence-corrected chi connectivity index (χ4v) is 2.84. The summed E-state index contributed by atoms with van der Waals surface area (Å²) in [6.07, 6.45) is 0. The number of carbonyl (C=O) groups is 1. The number of rotatable bonds is 2. The van der Waals surface area contributed by atoms with Gasteiger partial charge in [0, 0.05) is 32.0 Å². The number of aryl methyl sites for hydroxylation is 1. The highest BCUT2D eigenvalue weighted by atomic mass is 79.9. The number of hydrogen-bond donors (Lipinski definition) is 1. The SMILES string of the molecule is Cc1ccc(C(=O)c2cscc2Br)cc1N. The molecule has 0 atom stereocenters. The van der Waals surface area contributed by atoms with E-state index in [-0.39, 0.29) is 5.78 Å². The van der Waals surface area contributed by atoms with Gasteiger partial charge in [0.05, 0.1) is 0 Å². The monoisotopic (exact) mass is 295 g/mol. The maximum absolute atomic E-state index is 12.1. The minimum absolute atomic E-state index is 0.000162. The second-order valence-electron chi connectivity index (χ2n) is 3.53. The number of hydrogen-bond acceptors (Lipinski definition) is 3. The van der Waals surface area contributed by atoms with Crippen molar-refractivity contribution in [1.29, 1.82) is 0 Å². The van der Waals surface area contributed by atoms with Crippen molar-refractivity contribution >= 4 is 38.7 Å². The molecule has 16 heavy (non-hydrogen) atoms. The Hall–Kier alpha value is -1.13. The van der Waals surface area contributed by atoms with Crippen LogP contribution in [0.4, 0.5) is 5.69 Å². The minimum atomic E-state index is -0.000162. The summed E-state index contributed by atoms with van der Waals surface area (Å²) in [5.74, 6) is -0.000162. The Morgan fingerprint density at radius 1 is 1.38 bits per heavy atom. The zero-order chi connectivity index (χ0) is 11.7. The lowest BCUT2D eigenvalue weighted by atomic mass is 10.0. The quantitative estimate of drug-likeness (QED) is 0.679. The first kappa shape index (κ1) is 11.4. The van der Waals surface area contributed by atoms with Gasteiger partial charge in [-0.25, -0.2) is 0 Å². The van der Waals surface area contributed by atoms with Crippen LogP contribution in [-0.4, -0.2) is 5.78 Å². The summed E-state index contributed by atoms with van der Waals surface area (Å²) in [5.41, 5.74) is 8.74. The molecule has 1 heterocycles. The first-order chi connectivity index (χ1) is 7.59. The molecule has 2 nitrogen and oxygen atoms in total. The van der Waals surface area contributed by atoms with Crippen molar-refractivity contribution < 1.29 is 4.79 Å². The standard InChI is InChI=1S/C12H10BrNOS/c1-7-2-3-8(4-11(7)14)12(15)9-5-16-6-10(9)13/h2-6H,14H2,1H3. The van der Waals surface area contributed by atoms with Gasteiger partial charge in [-0.15, -0.1) is 0 Å². The van der Waals surface area contributed by atoms with Gasteiger partial charge < -0.3 is 5.73 Å². The molecule has 2 aromatic rings.